The molecular formula is C33H38N4O4S. The summed E-state index contributed by atoms with van der Waals surface area (Å²) in [7, 11) is 0. The number of benzene rings is 1. The molecular weight excluding hydrogens is 548 g/mol. The second kappa shape index (κ2) is 12.5. The highest BCUT2D eigenvalue weighted by Gasteiger charge is 2.35. The minimum Gasteiger partial charge on any atom is -0.461 e. The molecule has 2 aromatic carbocycles. The van der Waals surface area contributed by atoms with Crippen LogP contribution >= 0.6 is 11.8 Å². The van der Waals surface area contributed by atoms with E-state index in [0.29, 0.717) is 57.1 Å². The molecule has 9 heteroatoms. The molecule has 0 radical (unpaired) electrons. The van der Waals surface area contributed by atoms with Crippen molar-refractivity contribution in [3.8, 4) is 6.01 Å². The number of anilines is 1. The van der Waals surface area contributed by atoms with E-state index in [1.165, 1.54) is 5.56 Å². The third-order valence-electron chi connectivity index (χ3n) is 8.12. The predicted octanol–water partition coefficient (Wildman–Crippen LogP) is 4.90. The molecule has 6 rings (SSSR count). The fourth-order valence-corrected chi connectivity index (χ4v) is 7.02. The van der Waals surface area contributed by atoms with Gasteiger partial charge in [0.1, 0.15) is 23.6 Å². The Bertz CT molecular complexity index is 1330. The highest BCUT2D eigenvalue weighted by molar-refractivity contribution is 8.00. The van der Waals surface area contributed by atoms with Crippen LogP contribution in [0.15, 0.2) is 53.6 Å². The average Bonchev–Trinajstić information content (AvgIpc) is 3.61. The molecule has 1 amide bonds. The molecule has 1 aromatic heterocycles. The van der Waals surface area contributed by atoms with Crippen LogP contribution < -0.4 is 9.64 Å². The van der Waals surface area contributed by atoms with Gasteiger partial charge in [0, 0.05) is 54.9 Å². The molecule has 2 unspecified atom stereocenters. The summed E-state index contributed by atoms with van der Waals surface area (Å²) in [5.41, 5.74) is 3.30. The van der Waals surface area contributed by atoms with Crippen molar-refractivity contribution >= 4 is 23.5 Å². The Morgan fingerprint density at radius 1 is 1.14 bits per heavy atom. The second-order valence-electron chi connectivity index (χ2n) is 11.5. The van der Waals surface area contributed by atoms with Gasteiger partial charge < -0.3 is 24.0 Å². The van der Waals surface area contributed by atoms with E-state index >= 15 is 0 Å². The summed E-state index contributed by atoms with van der Waals surface area (Å²) in [4.78, 5) is 27.5. The number of fused-ring (bicyclic) bond motifs is 1. The lowest BCUT2D eigenvalue weighted by atomic mass is 9.89. The number of aromatic nitrogens is 2. The van der Waals surface area contributed by atoms with Gasteiger partial charge >= 0.3 is 6.01 Å². The van der Waals surface area contributed by atoms with Crippen LogP contribution in [-0.2, 0) is 20.7 Å². The van der Waals surface area contributed by atoms with Crippen LogP contribution in [0.5, 0.6) is 6.01 Å². The molecule has 3 aliphatic heterocycles. The van der Waals surface area contributed by atoms with Gasteiger partial charge in [-0.25, -0.2) is 0 Å². The SMILES string of the molecule is CCC1Cc2c(nc(OC[C@H]3COC(C)(C)O3)nc2N2CCN(C(=O)CC(c3c#cccc3)c3ccccc3)CC2)S1. The first-order valence-corrected chi connectivity index (χ1v) is 15.7. The molecule has 2 fully saturated rings. The highest BCUT2D eigenvalue weighted by atomic mass is 32.2. The zero-order valence-electron chi connectivity index (χ0n) is 24.5. The zero-order valence-corrected chi connectivity index (χ0v) is 25.4. The molecule has 0 N–H and O–H groups in total. The van der Waals surface area contributed by atoms with Crippen LogP contribution in [0.4, 0.5) is 5.82 Å². The van der Waals surface area contributed by atoms with Gasteiger partial charge in [0.05, 0.1) is 6.61 Å². The van der Waals surface area contributed by atoms with Crippen LogP contribution in [0, 0.1) is 12.1 Å². The number of hydrogen-bond acceptors (Lipinski definition) is 8. The first-order valence-electron chi connectivity index (χ1n) is 14.9. The van der Waals surface area contributed by atoms with Crippen molar-refractivity contribution < 1.29 is 19.0 Å². The topological polar surface area (TPSA) is 77.0 Å². The lowest BCUT2D eigenvalue weighted by molar-refractivity contribution is -0.141. The van der Waals surface area contributed by atoms with Crippen molar-refractivity contribution in [2.24, 2.45) is 0 Å². The Morgan fingerprint density at radius 2 is 1.95 bits per heavy atom. The second-order valence-corrected chi connectivity index (χ2v) is 12.8. The molecule has 4 heterocycles. The number of hydrogen-bond donors (Lipinski definition) is 0. The van der Waals surface area contributed by atoms with Gasteiger partial charge in [-0.1, -0.05) is 55.5 Å². The van der Waals surface area contributed by atoms with E-state index in [9.17, 15) is 4.79 Å². The van der Waals surface area contributed by atoms with Crippen LogP contribution in [0.2, 0.25) is 0 Å². The highest BCUT2D eigenvalue weighted by Crippen LogP contribution is 2.42. The molecule has 3 aromatic rings. The van der Waals surface area contributed by atoms with Crippen LogP contribution in [0.25, 0.3) is 0 Å². The van der Waals surface area contributed by atoms with E-state index in [-0.39, 0.29) is 17.9 Å². The maximum atomic E-state index is 13.6. The van der Waals surface area contributed by atoms with E-state index < -0.39 is 5.79 Å². The maximum absolute atomic E-state index is 13.6. The Labute approximate surface area is 252 Å². The summed E-state index contributed by atoms with van der Waals surface area (Å²) >= 11 is 1.81. The van der Waals surface area contributed by atoms with E-state index in [2.05, 4.69) is 36.1 Å². The minimum atomic E-state index is -0.599. The maximum Gasteiger partial charge on any atom is 0.319 e. The van der Waals surface area contributed by atoms with Gasteiger partial charge in [-0.05, 0) is 44.4 Å². The van der Waals surface area contributed by atoms with Crippen molar-refractivity contribution in [2.45, 2.75) is 68.1 Å². The predicted molar refractivity (Wildman–Crippen MR) is 162 cm³/mol. The van der Waals surface area contributed by atoms with Gasteiger partial charge in [0.25, 0.3) is 0 Å². The molecule has 0 spiro atoms. The van der Waals surface area contributed by atoms with Gasteiger partial charge in [0.2, 0.25) is 5.91 Å². The standard InChI is InChI=1S/C33H38N4O4S/c1-4-26-19-28-30(34-32(35-31(28)42-26)39-21-25-22-40-33(2,3)41-25)37-17-15-36(16-18-37)29(38)20-27(23-11-7-5-8-12-23)24-13-9-6-10-14-24/h5-9,11-13,25-27H,4,15-22H2,1-3H3/t25-,26?,27?/m0/s1. The van der Waals surface area contributed by atoms with E-state index in [1.807, 2.05) is 66.9 Å². The van der Waals surface area contributed by atoms with E-state index in [0.717, 1.165) is 34.8 Å². The fraction of sp³-hybridized carbons (Fsp3) is 0.485. The largest absolute Gasteiger partial charge is 0.461 e. The van der Waals surface area contributed by atoms with Gasteiger partial charge in [-0.2, -0.15) is 9.97 Å². The van der Waals surface area contributed by atoms with Crippen molar-refractivity contribution in [1.82, 2.24) is 14.9 Å². The van der Waals surface area contributed by atoms with Gasteiger partial charge in [0.15, 0.2) is 5.79 Å². The van der Waals surface area contributed by atoms with Crippen molar-refractivity contribution in [2.75, 3.05) is 44.3 Å². The molecule has 0 saturated carbocycles. The first-order chi connectivity index (χ1) is 20.4. The average molecular weight is 587 g/mol. The molecule has 0 bridgehead atoms. The minimum absolute atomic E-state index is 0.0538. The first kappa shape index (κ1) is 28.8. The number of piperazine rings is 1. The summed E-state index contributed by atoms with van der Waals surface area (Å²) < 4.78 is 17.6. The van der Waals surface area contributed by atoms with Gasteiger partial charge in [-0.15, -0.1) is 11.8 Å². The molecule has 0 aliphatic carbocycles. The van der Waals surface area contributed by atoms with Crippen molar-refractivity contribution in [3.05, 3.63) is 77.4 Å². The summed E-state index contributed by atoms with van der Waals surface area (Å²) in [5.74, 6) is 0.437. The van der Waals surface area contributed by atoms with Crippen molar-refractivity contribution in [1.29, 1.82) is 0 Å². The Morgan fingerprint density at radius 3 is 2.64 bits per heavy atom. The molecule has 3 aliphatic rings. The summed E-state index contributed by atoms with van der Waals surface area (Å²) in [6, 6.07) is 22.7. The smallest absolute Gasteiger partial charge is 0.319 e. The number of rotatable bonds is 9. The Kier molecular flexibility index (Phi) is 8.57. The molecule has 42 heavy (non-hydrogen) atoms. The number of ether oxygens (including phenoxy) is 3. The number of nitrogens with zero attached hydrogens (tertiary/aromatic N) is 4. The molecule has 2 saturated heterocycles. The number of amides is 1. The van der Waals surface area contributed by atoms with Crippen molar-refractivity contribution in [3.63, 3.8) is 0 Å². The lowest BCUT2D eigenvalue weighted by Crippen LogP contribution is -2.49. The third-order valence-corrected chi connectivity index (χ3v) is 9.51. The number of carbonyl (C=O) groups excluding carboxylic acids is 1. The summed E-state index contributed by atoms with van der Waals surface area (Å²) in [6.45, 7) is 9.57. The van der Waals surface area contributed by atoms with E-state index in [1.54, 1.807) is 0 Å². The van der Waals surface area contributed by atoms with Crippen LogP contribution in [0.3, 0.4) is 0 Å². The zero-order chi connectivity index (χ0) is 29.1. The van der Waals surface area contributed by atoms with E-state index in [4.69, 9.17) is 24.2 Å². The molecule has 3 atom stereocenters. The normalized spacial score (nSPS) is 21.3. The monoisotopic (exact) mass is 586 g/mol. The Balaban J connectivity index is 1.13. The Hall–Kier alpha value is -3.32. The fourth-order valence-electron chi connectivity index (χ4n) is 5.84. The lowest BCUT2D eigenvalue weighted by Gasteiger charge is -2.36. The number of thioether (sulfide) groups is 1. The summed E-state index contributed by atoms with van der Waals surface area (Å²) in [6.07, 6.45) is 2.26. The summed E-state index contributed by atoms with van der Waals surface area (Å²) in [5, 5.41) is 1.49. The quantitative estimate of drug-likeness (QED) is 0.328. The van der Waals surface area contributed by atoms with Crippen LogP contribution in [-0.4, -0.2) is 77.3 Å². The third kappa shape index (κ3) is 6.51. The van der Waals surface area contributed by atoms with Gasteiger partial charge in [-0.3, -0.25) is 4.79 Å². The van der Waals surface area contributed by atoms with Crippen LogP contribution in [0.1, 0.15) is 56.2 Å². The molecule has 8 nitrogen and oxygen atoms in total. The number of carbonyl (C=O) groups is 1. The molecule has 220 valence electrons.